The molecule has 2 aromatic heterocycles. The molecule has 0 spiro atoms. The summed E-state index contributed by atoms with van der Waals surface area (Å²) in [6.45, 7) is 2.08. The van der Waals surface area contributed by atoms with Crippen LogP contribution in [0.4, 0.5) is 8.78 Å². The van der Waals surface area contributed by atoms with Gasteiger partial charge in [0, 0.05) is 50.4 Å². The molecule has 0 unspecified atom stereocenters. The van der Waals surface area contributed by atoms with Crippen LogP contribution in [0.1, 0.15) is 17.0 Å². The van der Waals surface area contributed by atoms with Crippen LogP contribution in [0.2, 0.25) is 0 Å². The van der Waals surface area contributed by atoms with Crippen molar-refractivity contribution in [3.63, 3.8) is 0 Å². The first-order valence-corrected chi connectivity index (χ1v) is 8.23. The number of rotatable bonds is 3. The number of nitrogens with zero attached hydrogens (tertiary/aromatic N) is 4. The van der Waals surface area contributed by atoms with Crippen molar-refractivity contribution in [3.8, 4) is 11.4 Å². The third-order valence-corrected chi connectivity index (χ3v) is 4.69. The first-order chi connectivity index (χ1) is 12.1. The smallest absolute Gasteiger partial charge is 0.145 e. The summed E-state index contributed by atoms with van der Waals surface area (Å²) in [5.41, 5.74) is 3.73. The largest absolute Gasteiger partial charge is 0.330 e. The SMILES string of the molecule is Cn1c(-c2ccc(F)cc2)nc2c1CN(Cc1ccncc1F)CC2. The molecule has 1 aliphatic rings. The highest BCUT2D eigenvalue weighted by atomic mass is 19.1. The zero-order chi connectivity index (χ0) is 17.4. The van der Waals surface area contributed by atoms with Gasteiger partial charge in [-0.15, -0.1) is 0 Å². The predicted octanol–water partition coefficient (Wildman–Crippen LogP) is 3.32. The van der Waals surface area contributed by atoms with Crippen molar-refractivity contribution >= 4 is 0 Å². The van der Waals surface area contributed by atoms with Gasteiger partial charge in [-0.3, -0.25) is 9.88 Å². The molecule has 128 valence electrons. The van der Waals surface area contributed by atoms with Gasteiger partial charge in [-0.2, -0.15) is 0 Å². The maximum Gasteiger partial charge on any atom is 0.145 e. The van der Waals surface area contributed by atoms with E-state index in [1.807, 2.05) is 7.05 Å². The maximum absolute atomic E-state index is 13.8. The summed E-state index contributed by atoms with van der Waals surface area (Å²) in [4.78, 5) is 10.7. The highest BCUT2D eigenvalue weighted by Crippen LogP contribution is 2.26. The molecule has 0 fully saturated rings. The summed E-state index contributed by atoms with van der Waals surface area (Å²) >= 11 is 0. The average molecular weight is 340 g/mol. The van der Waals surface area contributed by atoms with E-state index in [0.29, 0.717) is 18.7 Å². The monoisotopic (exact) mass is 340 g/mol. The number of pyridine rings is 1. The molecule has 0 aliphatic carbocycles. The quantitative estimate of drug-likeness (QED) is 0.733. The lowest BCUT2D eigenvalue weighted by atomic mass is 10.1. The summed E-state index contributed by atoms with van der Waals surface area (Å²) in [5, 5.41) is 0. The molecule has 3 heterocycles. The van der Waals surface area contributed by atoms with Crippen molar-refractivity contribution in [1.82, 2.24) is 19.4 Å². The van der Waals surface area contributed by atoms with E-state index >= 15 is 0 Å². The van der Waals surface area contributed by atoms with E-state index in [0.717, 1.165) is 35.7 Å². The number of aromatic nitrogens is 3. The molecule has 1 aliphatic heterocycles. The molecule has 0 amide bonds. The Bertz CT molecular complexity index is 902. The molecular formula is C19H18F2N4. The van der Waals surface area contributed by atoms with Crippen molar-refractivity contribution in [2.24, 2.45) is 7.05 Å². The van der Waals surface area contributed by atoms with Crippen LogP contribution in [-0.4, -0.2) is 26.0 Å². The fourth-order valence-corrected chi connectivity index (χ4v) is 3.31. The zero-order valence-electron chi connectivity index (χ0n) is 13.9. The number of hydrogen-bond acceptors (Lipinski definition) is 3. The first-order valence-electron chi connectivity index (χ1n) is 8.23. The molecule has 1 aromatic carbocycles. The van der Waals surface area contributed by atoms with Gasteiger partial charge in [0.05, 0.1) is 17.6 Å². The van der Waals surface area contributed by atoms with E-state index in [2.05, 4.69) is 14.5 Å². The highest BCUT2D eigenvalue weighted by Gasteiger charge is 2.23. The average Bonchev–Trinajstić information content (AvgIpc) is 2.94. The Morgan fingerprint density at radius 3 is 2.68 bits per heavy atom. The van der Waals surface area contributed by atoms with Gasteiger partial charge >= 0.3 is 0 Å². The van der Waals surface area contributed by atoms with Gasteiger partial charge in [0.15, 0.2) is 0 Å². The van der Waals surface area contributed by atoms with Crippen LogP contribution >= 0.6 is 0 Å². The summed E-state index contributed by atoms with van der Waals surface area (Å²) in [5.74, 6) is 0.306. The van der Waals surface area contributed by atoms with Gasteiger partial charge in [-0.25, -0.2) is 13.8 Å². The summed E-state index contributed by atoms with van der Waals surface area (Å²) < 4.78 is 29.0. The van der Waals surface area contributed by atoms with Crippen LogP contribution in [0.15, 0.2) is 42.7 Å². The third-order valence-electron chi connectivity index (χ3n) is 4.69. The van der Waals surface area contributed by atoms with Gasteiger partial charge in [-0.05, 0) is 30.3 Å². The Morgan fingerprint density at radius 1 is 1.12 bits per heavy atom. The second kappa shape index (κ2) is 6.37. The number of imidazole rings is 1. The number of benzene rings is 1. The van der Waals surface area contributed by atoms with Crippen LogP contribution in [0.5, 0.6) is 0 Å². The minimum atomic E-state index is -0.273. The highest BCUT2D eigenvalue weighted by molar-refractivity contribution is 5.57. The van der Waals surface area contributed by atoms with E-state index in [4.69, 9.17) is 4.98 Å². The summed E-state index contributed by atoms with van der Waals surface area (Å²) in [7, 11) is 1.97. The molecule has 6 heteroatoms. The minimum absolute atomic E-state index is 0.256. The van der Waals surface area contributed by atoms with Crippen LogP contribution in [0.25, 0.3) is 11.4 Å². The standard InChI is InChI=1S/C19H18F2N4/c1-24-18-12-25(11-14-6-8-22-10-16(14)21)9-7-17(18)23-19(24)13-2-4-15(20)5-3-13/h2-6,8,10H,7,9,11-12H2,1H3. The van der Waals surface area contributed by atoms with E-state index in [9.17, 15) is 8.78 Å². The van der Waals surface area contributed by atoms with Gasteiger partial charge in [0.25, 0.3) is 0 Å². The Morgan fingerprint density at radius 2 is 1.92 bits per heavy atom. The fourth-order valence-electron chi connectivity index (χ4n) is 3.31. The van der Waals surface area contributed by atoms with Gasteiger partial charge < -0.3 is 4.57 Å². The number of fused-ring (bicyclic) bond motifs is 1. The molecule has 0 bridgehead atoms. The molecule has 0 atom stereocenters. The van der Waals surface area contributed by atoms with Crippen LogP contribution in [-0.2, 0) is 26.6 Å². The first kappa shape index (κ1) is 15.9. The zero-order valence-corrected chi connectivity index (χ0v) is 13.9. The van der Waals surface area contributed by atoms with E-state index in [-0.39, 0.29) is 11.6 Å². The molecule has 0 saturated carbocycles. The van der Waals surface area contributed by atoms with Gasteiger partial charge in [0.1, 0.15) is 17.5 Å². The molecule has 4 rings (SSSR count). The van der Waals surface area contributed by atoms with E-state index in [1.165, 1.54) is 18.3 Å². The van der Waals surface area contributed by atoms with Crippen LogP contribution < -0.4 is 0 Å². The Hall–Kier alpha value is -2.60. The number of hydrogen-bond donors (Lipinski definition) is 0. The number of halogens is 2. The molecule has 25 heavy (non-hydrogen) atoms. The molecule has 4 nitrogen and oxygen atoms in total. The minimum Gasteiger partial charge on any atom is -0.330 e. The van der Waals surface area contributed by atoms with E-state index < -0.39 is 0 Å². The predicted molar refractivity (Wildman–Crippen MR) is 90.6 cm³/mol. The Balaban J connectivity index is 1.59. The van der Waals surface area contributed by atoms with Crippen LogP contribution in [0, 0.1) is 11.6 Å². The molecule has 3 aromatic rings. The van der Waals surface area contributed by atoms with Gasteiger partial charge in [0.2, 0.25) is 0 Å². The Labute approximate surface area is 144 Å². The molecule has 0 saturated heterocycles. The van der Waals surface area contributed by atoms with E-state index in [1.54, 1.807) is 24.4 Å². The lowest BCUT2D eigenvalue weighted by Gasteiger charge is -2.27. The lowest BCUT2D eigenvalue weighted by Crippen LogP contribution is -2.31. The summed E-state index contributed by atoms with van der Waals surface area (Å²) in [6, 6.07) is 8.10. The summed E-state index contributed by atoms with van der Waals surface area (Å²) in [6.07, 6.45) is 3.68. The molecule has 0 N–H and O–H groups in total. The van der Waals surface area contributed by atoms with Crippen molar-refractivity contribution in [3.05, 3.63) is 71.3 Å². The Kier molecular flexibility index (Phi) is 4.05. The molecule has 0 radical (unpaired) electrons. The molecular weight excluding hydrogens is 322 g/mol. The second-order valence-electron chi connectivity index (χ2n) is 6.32. The topological polar surface area (TPSA) is 34.0 Å². The van der Waals surface area contributed by atoms with Crippen molar-refractivity contribution in [2.75, 3.05) is 6.54 Å². The maximum atomic E-state index is 13.8. The fraction of sp³-hybridized carbons (Fsp3) is 0.263. The third kappa shape index (κ3) is 3.05. The normalized spacial score (nSPS) is 14.5. The lowest BCUT2D eigenvalue weighted by molar-refractivity contribution is 0.235. The second-order valence-corrected chi connectivity index (χ2v) is 6.32. The van der Waals surface area contributed by atoms with Gasteiger partial charge in [-0.1, -0.05) is 0 Å². The van der Waals surface area contributed by atoms with Crippen molar-refractivity contribution in [1.29, 1.82) is 0 Å². The van der Waals surface area contributed by atoms with Crippen LogP contribution in [0.3, 0.4) is 0 Å². The van der Waals surface area contributed by atoms with Crippen molar-refractivity contribution < 1.29 is 8.78 Å². The van der Waals surface area contributed by atoms with Crippen molar-refractivity contribution in [2.45, 2.75) is 19.5 Å².